The molecule has 0 saturated carbocycles. The van der Waals surface area contributed by atoms with E-state index in [1.807, 2.05) is 13.0 Å². The number of nitrogens with zero attached hydrogens (tertiary/aromatic N) is 2. The number of hydrogen-bond acceptors (Lipinski definition) is 4. The number of halogens is 1. The number of piperidine rings is 1. The molecule has 0 aliphatic carbocycles. The Morgan fingerprint density at radius 1 is 1.35 bits per heavy atom. The summed E-state index contributed by atoms with van der Waals surface area (Å²) in [6.45, 7) is 6.68. The van der Waals surface area contributed by atoms with Gasteiger partial charge in [-0.05, 0) is 37.5 Å². The molecule has 0 atom stereocenters. The molecule has 0 spiro atoms. The Balaban J connectivity index is 1.77. The van der Waals surface area contributed by atoms with Gasteiger partial charge in [0.05, 0.1) is 13.2 Å². The van der Waals surface area contributed by atoms with Crippen molar-refractivity contribution in [3.05, 3.63) is 29.6 Å². The predicted octanol–water partition coefficient (Wildman–Crippen LogP) is 2.00. The van der Waals surface area contributed by atoms with E-state index in [-0.39, 0.29) is 5.82 Å². The zero-order valence-corrected chi connectivity index (χ0v) is 16.1. The molecule has 2 rings (SSSR count). The van der Waals surface area contributed by atoms with E-state index in [9.17, 15) is 4.39 Å². The Labute approximate surface area is 155 Å². The minimum absolute atomic E-state index is 0.291. The maximum Gasteiger partial charge on any atom is 0.191 e. The molecule has 1 aromatic rings. The van der Waals surface area contributed by atoms with Crippen molar-refractivity contribution in [1.29, 1.82) is 0 Å². The van der Waals surface area contributed by atoms with Crippen molar-refractivity contribution in [3.8, 4) is 5.75 Å². The second kappa shape index (κ2) is 11.0. The number of rotatable bonds is 8. The van der Waals surface area contributed by atoms with E-state index in [2.05, 4.69) is 20.5 Å². The molecule has 26 heavy (non-hydrogen) atoms. The minimum atomic E-state index is -0.336. The second-order valence-electron chi connectivity index (χ2n) is 6.38. The fourth-order valence-electron chi connectivity index (χ4n) is 3.02. The number of benzene rings is 1. The van der Waals surface area contributed by atoms with Crippen molar-refractivity contribution in [2.75, 3.05) is 47.0 Å². The van der Waals surface area contributed by atoms with Gasteiger partial charge >= 0.3 is 0 Å². The first-order valence-electron chi connectivity index (χ1n) is 9.26. The highest BCUT2D eigenvalue weighted by molar-refractivity contribution is 5.79. The van der Waals surface area contributed by atoms with E-state index in [1.165, 1.54) is 6.07 Å². The number of ether oxygens (including phenoxy) is 2. The van der Waals surface area contributed by atoms with Gasteiger partial charge in [-0.3, -0.25) is 4.99 Å². The molecule has 1 aliphatic rings. The van der Waals surface area contributed by atoms with Crippen LogP contribution in [-0.4, -0.2) is 63.9 Å². The summed E-state index contributed by atoms with van der Waals surface area (Å²) in [6.07, 6.45) is 2.14. The van der Waals surface area contributed by atoms with Crippen LogP contribution in [0.25, 0.3) is 0 Å². The fourth-order valence-corrected chi connectivity index (χ4v) is 3.02. The molecule has 1 aromatic carbocycles. The maximum absolute atomic E-state index is 13.9. The number of aliphatic imine (C=N–C) groups is 1. The summed E-state index contributed by atoms with van der Waals surface area (Å²) in [6, 6.07) is 5.43. The average molecular weight is 366 g/mol. The fraction of sp³-hybridized carbons (Fsp3) is 0.632. The van der Waals surface area contributed by atoms with Crippen LogP contribution in [0.1, 0.15) is 25.3 Å². The lowest BCUT2D eigenvalue weighted by Gasteiger charge is -2.32. The molecule has 1 heterocycles. The summed E-state index contributed by atoms with van der Waals surface area (Å²) in [5.74, 6) is 0.700. The molecule has 2 N–H and O–H groups in total. The van der Waals surface area contributed by atoms with Crippen molar-refractivity contribution in [1.82, 2.24) is 15.5 Å². The predicted molar refractivity (Wildman–Crippen MR) is 102 cm³/mol. The van der Waals surface area contributed by atoms with Crippen LogP contribution >= 0.6 is 0 Å². The summed E-state index contributed by atoms with van der Waals surface area (Å²) in [5, 5.41) is 6.72. The SMILES string of the molecule is CCOc1ccc(CNC(=NC)NC2CCN(CCOC)CC2)cc1F. The van der Waals surface area contributed by atoms with Gasteiger partial charge in [0.15, 0.2) is 17.5 Å². The third kappa shape index (κ3) is 6.46. The molecule has 0 bridgehead atoms. The highest BCUT2D eigenvalue weighted by Crippen LogP contribution is 2.18. The van der Waals surface area contributed by atoms with Crippen molar-refractivity contribution in [2.24, 2.45) is 4.99 Å². The van der Waals surface area contributed by atoms with Crippen LogP contribution in [0.4, 0.5) is 4.39 Å². The van der Waals surface area contributed by atoms with Gasteiger partial charge in [-0.25, -0.2) is 4.39 Å². The van der Waals surface area contributed by atoms with E-state index in [0.717, 1.165) is 50.6 Å². The number of guanidine groups is 1. The largest absolute Gasteiger partial charge is 0.491 e. The molecule has 0 amide bonds. The Kier molecular flexibility index (Phi) is 8.64. The topological polar surface area (TPSA) is 58.1 Å². The standard InChI is InChI=1S/C19H31FN4O2/c1-4-26-18-6-5-15(13-17(18)20)14-22-19(21-2)23-16-7-9-24(10-8-16)11-12-25-3/h5-6,13,16H,4,7-12,14H2,1-3H3,(H2,21,22,23). The lowest BCUT2D eigenvalue weighted by Crippen LogP contribution is -2.48. The first-order valence-corrected chi connectivity index (χ1v) is 9.26. The summed E-state index contributed by atoms with van der Waals surface area (Å²) < 4.78 is 24.3. The average Bonchev–Trinajstić information content (AvgIpc) is 2.66. The molecular weight excluding hydrogens is 335 g/mol. The van der Waals surface area contributed by atoms with Crippen LogP contribution in [0.3, 0.4) is 0 Å². The van der Waals surface area contributed by atoms with E-state index >= 15 is 0 Å². The number of hydrogen-bond donors (Lipinski definition) is 2. The molecule has 0 radical (unpaired) electrons. The summed E-state index contributed by atoms with van der Waals surface area (Å²) in [4.78, 5) is 6.69. The van der Waals surface area contributed by atoms with Gasteiger partial charge in [-0.15, -0.1) is 0 Å². The second-order valence-corrected chi connectivity index (χ2v) is 6.38. The van der Waals surface area contributed by atoms with Crippen LogP contribution in [0.5, 0.6) is 5.75 Å². The molecule has 0 aromatic heterocycles. The highest BCUT2D eigenvalue weighted by atomic mass is 19.1. The zero-order chi connectivity index (χ0) is 18.8. The van der Waals surface area contributed by atoms with Crippen LogP contribution < -0.4 is 15.4 Å². The first kappa shape index (κ1) is 20.5. The Morgan fingerprint density at radius 3 is 2.73 bits per heavy atom. The number of nitrogens with one attached hydrogen (secondary N) is 2. The van der Waals surface area contributed by atoms with Gasteiger partial charge in [0.25, 0.3) is 0 Å². The van der Waals surface area contributed by atoms with Crippen LogP contribution in [0.15, 0.2) is 23.2 Å². The lowest BCUT2D eigenvalue weighted by atomic mass is 10.1. The quantitative estimate of drug-likeness (QED) is 0.544. The maximum atomic E-state index is 13.9. The third-order valence-corrected chi connectivity index (χ3v) is 4.52. The summed E-state index contributed by atoms with van der Waals surface area (Å²) in [5.41, 5.74) is 0.850. The third-order valence-electron chi connectivity index (χ3n) is 4.52. The van der Waals surface area contributed by atoms with Crippen LogP contribution in [0, 0.1) is 5.82 Å². The van der Waals surface area contributed by atoms with Crippen LogP contribution in [0.2, 0.25) is 0 Å². The first-order chi connectivity index (χ1) is 12.7. The van der Waals surface area contributed by atoms with Gasteiger partial charge < -0.3 is 25.0 Å². The normalized spacial score (nSPS) is 16.5. The Morgan fingerprint density at radius 2 is 2.12 bits per heavy atom. The molecule has 1 fully saturated rings. The summed E-state index contributed by atoms with van der Waals surface area (Å²) in [7, 11) is 3.49. The van der Waals surface area contributed by atoms with Gasteiger partial charge in [-0.1, -0.05) is 6.07 Å². The van der Waals surface area contributed by atoms with Gasteiger partial charge in [0, 0.05) is 46.4 Å². The lowest BCUT2D eigenvalue weighted by molar-refractivity contribution is 0.128. The molecule has 146 valence electrons. The number of methoxy groups -OCH3 is 1. The Hall–Kier alpha value is -1.86. The van der Waals surface area contributed by atoms with Crippen molar-refractivity contribution in [2.45, 2.75) is 32.4 Å². The summed E-state index contributed by atoms with van der Waals surface area (Å²) >= 11 is 0. The van der Waals surface area contributed by atoms with Gasteiger partial charge in [0.1, 0.15) is 0 Å². The minimum Gasteiger partial charge on any atom is -0.491 e. The Bertz CT molecular complexity index is 575. The van der Waals surface area contributed by atoms with E-state index < -0.39 is 0 Å². The van der Waals surface area contributed by atoms with E-state index in [4.69, 9.17) is 9.47 Å². The molecule has 6 nitrogen and oxygen atoms in total. The van der Waals surface area contributed by atoms with Gasteiger partial charge in [0.2, 0.25) is 0 Å². The zero-order valence-electron chi connectivity index (χ0n) is 16.1. The molecule has 1 aliphatic heterocycles. The van der Waals surface area contributed by atoms with Crippen molar-refractivity contribution < 1.29 is 13.9 Å². The van der Waals surface area contributed by atoms with Crippen molar-refractivity contribution in [3.63, 3.8) is 0 Å². The number of likely N-dealkylation sites (tertiary alicyclic amines) is 1. The van der Waals surface area contributed by atoms with Crippen LogP contribution in [-0.2, 0) is 11.3 Å². The molecular formula is C19H31FN4O2. The smallest absolute Gasteiger partial charge is 0.191 e. The van der Waals surface area contributed by atoms with E-state index in [1.54, 1.807) is 20.2 Å². The van der Waals surface area contributed by atoms with E-state index in [0.29, 0.717) is 24.9 Å². The highest BCUT2D eigenvalue weighted by Gasteiger charge is 2.19. The molecule has 1 saturated heterocycles. The van der Waals surface area contributed by atoms with Gasteiger partial charge in [-0.2, -0.15) is 0 Å². The monoisotopic (exact) mass is 366 g/mol. The van der Waals surface area contributed by atoms with Crippen molar-refractivity contribution >= 4 is 5.96 Å². The molecule has 0 unspecified atom stereocenters. The molecule has 7 heteroatoms.